The van der Waals surface area contributed by atoms with Crippen molar-refractivity contribution in [3.63, 3.8) is 0 Å². The minimum absolute atomic E-state index is 0.0750. The average molecular weight is 258 g/mol. The van der Waals surface area contributed by atoms with E-state index >= 15 is 0 Å². The number of amides is 1. The number of fused-ring (bicyclic) bond motifs is 6. The summed E-state index contributed by atoms with van der Waals surface area (Å²) < 4.78 is 0. The van der Waals surface area contributed by atoms with Gasteiger partial charge in [-0.2, -0.15) is 10.1 Å². The minimum Gasteiger partial charge on any atom is -0.272 e. The predicted molar refractivity (Wildman–Crippen MR) is 73.2 cm³/mol. The van der Waals surface area contributed by atoms with E-state index < -0.39 is 0 Å². The van der Waals surface area contributed by atoms with Crippen molar-refractivity contribution in [2.24, 2.45) is 31.8 Å². The number of nitrogens with zero attached hydrogens (tertiary/aromatic N) is 4. The van der Waals surface area contributed by atoms with Crippen LogP contribution in [0.2, 0.25) is 0 Å². The highest BCUT2D eigenvalue weighted by Crippen LogP contribution is 2.63. The number of hydrazone groups is 1. The molecule has 0 unspecified atom stereocenters. The number of rotatable bonds is 0. The Balaban J connectivity index is 1.89. The van der Waals surface area contributed by atoms with Crippen LogP contribution in [-0.2, 0) is 4.79 Å². The number of hydrogen-bond donors (Lipinski definition) is 0. The molecular formula is C14H18N4O. The quantitative estimate of drug-likeness (QED) is 0.665. The van der Waals surface area contributed by atoms with Gasteiger partial charge in [-0.15, -0.1) is 0 Å². The summed E-state index contributed by atoms with van der Waals surface area (Å²) in [5.74, 6) is 0.914. The molecule has 2 aliphatic carbocycles. The van der Waals surface area contributed by atoms with Crippen LogP contribution >= 0.6 is 0 Å². The highest BCUT2D eigenvalue weighted by Gasteiger charge is 2.64. The highest BCUT2D eigenvalue weighted by atomic mass is 16.1. The van der Waals surface area contributed by atoms with Crippen molar-refractivity contribution in [2.75, 3.05) is 6.54 Å². The molecule has 4 rings (SSSR count). The van der Waals surface area contributed by atoms with Gasteiger partial charge >= 0.3 is 0 Å². The molecule has 2 bridgehead atoms. The predicted octanol–water partition coefficient (Wildman–Crippen LogP) is 1.84. The third-order valence-corrected chi connectivity index (χ3v) is 5.75. The Labute approximate surface area is 112 Å². The molecule has 2 saturated carbocycles. The van der Waals surface area contributed by atoms with Gasteiger partial charge in [-0.05, 0) is 18.3 Å². The van der Waals surface area contributed by atoms with E-state index in [0.29, 0.717) is 24.8 Å². The molecule has 0 radical (unpaired) electrons. The summed E-state index contributed by atoms with van der Waals surface area (Å²) in [6.07, 6.45) is 2.79. The molecule has 2 atom stereocenters. The van der Waals surface area contributed by atoms with Gasteiger partial charge in [0, 0.05) is 17.8 Å². The van der Waals surface area contributed by atoms with Crippen molar-refractivity contribution >= 4 is 23.3 Å². The first kappa shape index (κ1) is 11.3. The molecule has 0 spiro atoms. The SMILES string of the molecule is CC1(C)[C@@H]2CC[C@@]1(C)C1=NC3=NC(=O)CCN3N=C12. The maximum atomic E-state index is 11.4. The van der Waals surface area contributed by atoms with Gasteiger partial charge in [0.15, 0.2) is 0 Å². The Morgan fingerprint density at radius 2 is 2.05 bits per heavy atom. The van der Waals surface area contributed by atoms with Crippen LogP contribution in [0, 0.1) is 16.7 Å². The first-order chi connectivity index (χ1) is 8.93. The van der Waals surface area contributed by atoms with E-state index in [0.717, 1.165) is 17.8 Å². The highest BCUT2D eigenvalue weighted by molar-refractivity contribution is 6.50. The van der Waals surface area contributed by atoms with Gasteiger partial charge in [0.2, 0.25) is 5.96 Å². The summed E-state index contributed by atoms with van der Waals surface area (Å²) in [5.41, 5.74) is 2.50. The lowest BCUT2D eigenvalue weighted by Crippen LogP contribution is -2.42. The van der Waals surface area contributed by atoms with E-state index in [4.69, 9.17) is 10.1 Å². The average Bonchev–Trinajstić information content (AvgIpc) is 2.68. The molecule has 0 saturated heterocycles. The van der Waals surface area contributed by atoms with Crippen molar-refractivity contribution in [1.29, 1.82) is 0 Å². The van der Waals surface area contributed by atoms with Gasteiger partial charge in [-0.1, -0.05) is 20.8 Å². The van der Waals surface area contributed by atoms with Crippen LogP contribution in [0.25, 0.3) is 0 Å². The largest absolute Gasteiger partial charge is 0.272 e. The van der Waals surface area contributed by atoms with Crippen LogP contribution < -0.4 is 0 Å². The topological polar surface area (TPSA) is 57.4 Å². The van der Waals surface area contributed by atoms with Crippen molar-refractivity contribution in [3.8, 4) is 0 Å². The smallest absolute Gasteiger partial charge is 0.250 e. The molecule has 1 amide bonds. The van der Waals surface area contributed by atoms with Gasteiger partial charge in [-0.3, -0.25) is 4.79 Å². The fourth-order valence-electron chi connectivity index (χ4n) is 4.08. The van der Waals surface area contributed by atoms with Crippen molar-refractivity contribution in [2.45, 2.75) is 40.0 Å². The lowest BCUT2D eigenvalue weighted by molar-refractivity contribution is -0.118. The normalized spacial score (nSPS) is 38.5. The minimum atomic E-state index is -0.0816. The zero-order chi connectivity index (χ0) is 13.4. The van der Waals surface area contributed by atoms with Crippen LogP contribution in [0.1, 0.15) is 40.0 Å². The zero-order valence-corrected chi connectivity index (χ0v) is 11.6. The number of carbonyl (C=O) groups excluding carboxylic acids is 1. The number of aliphatic imine (C=N–C) groups is 2. The molecule has 2 fully saturated rings. The van der Waals surface area contributed by atoms with Crippen molar-refractivity contribution in [1.82, 2.24) is 5.01 Å². The summed E-state index contributed by atoms with van der Waals surface area (Å²) in [7, 11) is 0. The van der Waals surface area contributed by atoms with E-state index in [2.05, 4.69) is 25.8 Å². The second-order valence-electron chi connectivity index (χ2n) is 6.77. The van der Waals surface area contributed by atoms with E-state index in [-0.39, 0.29) is 16.7 Å². The first-order valence-electron chi connectivity index (χ1n) is 7.00. The lowest BCUT2D eigenvalue weighted by atomic mass is 9.70. The fourth-order valence-corrected chi connectivity index (χ4v) is 4.08. The van der Waals surface area contributed by atoms with Crippen LogP contribution in [0.5, 0.6) is 0 Å². The number of hydrogen-bond acceptors (Lipinski definition) is 4. The van der Waals surface area contributed by atoms with Gasteiger partial charge in [0.25, 0.3) is 5.91 Å². The summed E-state index contributed by atoms with van der Waals surface area (Å²) in [4.78, 5) is 20.2. The Kier molecular flexibility index (Phi) is 1.87. The maximum Gasteiger partial charge on any atom is 0.250 e. The van der Waals surface area contributed by atoms with E-state index in [1.165, 1.54) is 6.42 Å². The Morgan fingerprint density at radius 3 is 2.84 bits per heavy atom. The third-order valence-electron chi connectivity index (χ3n) is 5.75. The van der Waals surface area contributed by atoms with Crippen LogP contribution in [0.3, 0.4) is 0 Å². The Hall–Kier alpha value is -1.52. The molecule has 2 heterocycles. The van der Waals surface area contributed by atoms with Gasteiger partial charge < -0.3 is 0 Å². The molecule has 4 aliphatic rings. The standard InChI is InChI=1S/C14H18N4O/c1-13(2)8-4-6-14(13,3)11-10(8)17-18-7-5-9(19)15-12(18)16-11/h8H,4-7H2,1-3H3/t8-,14+/m1/s1. The molecule has 19 heavy (non-hydrogen) atoms. The number of guanidine groups is 1. The summed E-state index contributed by atoms with van der Waals surface area (Å²) in [6, 6.07) is 0. The number of carbonyl (C=O) groups is 1. The van der Waals surface area contributed by atoms with Crippen molar-refractivity contribution < 1.29 is 4.79 Å². The van der Waals surface area contributed by atoms with Gasteiger partial charge in [0.1, 0.15) is 0 Å². The van der Waals surface area contributed by atoms with Crippen LogP contribution in [0.4, 0.5) is 0 Å². The summed E-state index contributed by atoms with van der Waals surface area (Å²) >= 11 is 0. The second kappa shape index (κ2) is 3.14. The second-order valence-corrected chi connectivity index (χ2v) is 6.77. The summed E-state index contributed by atoms with van der Waals surface area (Å²) in [5, 5.41) is 6.57. The zero-order valence-electron chi connectivity index (χ0n) is 11.6. The molecule has 100 valence electrons. The molecular weight excluding hydrogens is 240 g/mol. The third kappa shape index (κ3) is 1.16. The molecule has 0 aromatic heterocycles. The first-order valence-corrected chi connectivity index (χ1v) is 7.00. The monoisotopic (exact) mass is 258 g/mol. The molecule has 0 aromatic carbocycles. The molecule has 2 aliphatic heterocycles. The summed E-state index contributed by atoms with van der Waals surface area (Å²) in [6.45, 7) is 7.54. The maximum absolute atomic E-state index is 11.4. The van der Waals surface area contributed by atoms with Crippen LogP contribution in [0.15, 0.2) is 15.1 Å². The van der Waals surface area contributed by atoms with Gasteiger partial charge in [0.05, 0.1) is 18.0 Å². The molecule has 5 heteroatoms. The molecule has 5 nitrogen and oxygen atoms in total. The Morgan fingerprint density at radius 1 is 1.26 bits per heavy atom. The lowest BCUT2D eigenvalue weighted by Gasteiger charge is -2.35. The van der Waals surface area contributed by atoms with E-state index in [1.54, 1.807) is 5.01 Å². The fraction of sp³-hybridized carbons (Fsp3) is 0.714. The van der Waals surface area contributed by atoms with Crippen LogP contribution in [-0.4, -0.2) is 34.8 Å². The molecule has 0 aromatic rings. The van der Waals surface area contributed by atoms with Crippen molar-refractivity contribution in [3.05, 3.63) is 0 Å². The van der Waals surface area contributed by atoms with E-state index in [1.807, 2.05) is 0 Å². The Bertz CT molecular complexity index is 586. The molecule has 0 N–H and O–H groups in total. The van der Waals surface area contributed by atoms with Gasteiger partial charge in [-0.25, -0.2) is 10.0 Å². The van der Waals surface area contributed by atoms with E-state index in [9.17, 15) is 4.79 Å².